The first-order valence-corrected chi connectivity index (χ1v) is 6.04. The third kappa shape index (κ3) is 3.91. The molecule has 1 rings (SSSR count). The Labute approximate surface area is 109 Å². The quantitative estimate of drug-likeness (QED) is 0.830. The normalized spacial score (nSPS) is 11.6. The molecule has 1 amide bonds. The zero-order valence-corrected chi connectivity index (χ0v) is 11.7. The minimum atomic E-state index is -0.0806. The summed E-state index contributed by atoms with van der Waals surface area (Å²) in [6.45, 7) is 7.77. The third-order valence-corrected chi connectivity index (χ3v) is 2.63. The minimum Gasteiger partial charge on any atom is -0.496 e. The molecule has 0 aromatic heterocycles. The van der Waals surface area contributed by atoms with E-state index in [9.17, 15) is 4.79 Å². The maximum absolute atomic E-state index is 11.7. The molecule has 0 saturated heterocycles. The van der Waals surface area contributed by atoms with E-state index in [4.69, 9.17) is 4.74 Å². The number of hydrogen-bond acceptors (Lipinski definition) is 2. The lowest BCUT2D eigenvalue weighted by Crippen LogP contribution is -2.25. The Balaban J connectivity index is 2.90. The molecule has 1 N–H and O–H groups in total. The van der Waals surface area contributed by atoms with Gasteiger partial charge in [-0.05, 0) is 33.8 Å². The number of allylic oxidation sites excluding steroid dienone is 1. The van der Waals surface area contributed by atoms with Crippen molar-refractivity contribution in [2.75, 3.05) is 7.11 Å². The molecule has 0 aliphatic heterocycles. The number of aryl methyl sites for hydroxylation is 1. The molecule has 0 aliphatic carbocycles. The maximum Gasteiger partial charge on any atom is 0.244 e. The first kappa shape index (κ1) is 14.3. The van der Waals surface area contributed by atoms with Crippen molar-refractivity contribution in [2.45, 2.75) is 33.7 Å². The van der Waals surface area contributed by atoms with Crippen LogP contribution in [0, 0.1) is 6.92 Å². The molecule has 0 saturated carbocycles. The molecular formula is C15H21NO2. The van der Waals surface area contributed by atoms with Crippen LogP contribution in [0.5, 0.6) is 5.75 Å². The number of carbonyl (C=O) groups excluding carboxylic acids is 1. The van der Waals surface area contributed by atoms with Gasteiger partial charge < -0.3 is 10.1 Å². The minimum absolute atomic E-state index is 0.0777. The predicted octanol–water partition coefficient (Wildman–Crippen LogP) is 3.15. The van der Waals surface area contributed by atoms with E-state index in [-0.39, 0.29) is 11.9 Å². The number of ether oxygens (including phenoxy) is 1. The van der Waals surface area contributed by atoms with Gasteiger partial charge in [-0.25, -0.2) is 0 Å². The van der Waals surface area contributed by atoms with Crippen LogP contribution >= 0.6 is 0 Å². The van der Waals surface area contributed by atoms with E-state index in [1.807, 2.05) is 45.9 Å². The highest BCUT2D eigenvalue weighted by atomic mass is 16.5. The molecule has 3 nitrogen and oxygen atoms in total. The van der Waals surface area contributed by atoms with Gasteiger partial charge in [-0.15, -0.1) is 0 Å². The second-order valence-corrected chi connectivity index (χ2v) is 4.70. The first-order chi connectivity index (χ1) is 8.43. The number of methoxy groups -OCH3 is 1. The highest BCUT2D eigenvalue weighted by molar-refractivity contribution is 5.88. The van der Waals surface area contributed by atoms with Crippen LogP contribution in [-0.2, 0) is 4.79 Å². The van der Waals surface area contributed by atoms with E-state index >= 15 is 0 Å². The monoisotopic (exact) mass is 247 g/mol. The molecule has 0 radical (unpaired) electrons. The maximum atomic E-state index is 11.7. The number of rotatable bonds is 4. The lowest BCUT2D eigenvalue weighted by atomic mass is 10.0. The number of nitrogens with one attached hydrogen (secondary N) is 1. The van der Waals surface area contributed by atoms with Gasteiger partial charge in [0.2, 0.25) is 5.91 Å². The average Bonchev–Trinajstić information content (AvgIpc) is 2.27. The van der Waals surface area contributed by atoms with Crippen molar-refractivity contribution in [2.24, 2.45) is 0 Å². The largest absolute Gasteiger partial charge is 0.496 e. The molecule has 18 heavy (non-hydrogen) atoms. The van der Waals surface area contributed by atoms with Gasteiger partial charge in [0.25, 0.3) is 0 Å². The summed E-state index contributed by atoms with van der Waals surface area (Å²) in [6.07, 6.45) is 1.60. The van der Waals surface area contributed by atoms with E-state index in [2.05, 4.69) is 5.32 Å². The van der Waals surface area contributed by atoms with Gasteiger partial charge in [-0.2, -0.15) is 0 Å². The SMILES string of the molecule is COc1ccc(C)cc1[C@@H](C)NC(=O)C=C(C)C. The molecule has 98 valence electrons. The summed E-state index contributed by atoms with van der Waals surface area (Å²) in [4.78, 5) is 11.7. The van der Waals surface area contributed by atoms with Gasteiger partial charge in [-0.1, -0.05) is 23.3 Å². The van der Waals surface area contributed by atoms with E-state index in [0.717, 1.165) is 22.4 Å². The van der Waals surface area contributed by atoms with Crippen LogP contribution < -0.4 is 10.1 Å². The van der Waals surface area contributed by atoms with E-state index < -0.39 is 0 Å². The Kier molecular flexibility index (Phi) is 4.95. The summed E-state index contributed by atoms with van der Waals surface area (Å²) >= 11 is 0. The lowest BCUT2D eigenvalue weighted by molar-refractivity contribution is -0.117. The first-order valence-electron chi connectivity index (χ1n) is 6.04. The molecule has 1 atom stereocenters. The van der Waals surface area contributed by atoms with Crippen LogP contribution in [0.15, 0.2) is 29.8 Å². The van der Waals surface area contributed by atoms with Crippen LogP contribution in [0.2, 0.25) is 0 Å². The summed E-state index contributed by atoms with van der Waals surface area (Å²) in [7, 11) is 1.64. The fraction of sp³-hybridized carbons (Fsp3) is 0.400. The molecule has 0 spiro atoms. The molecular weight excluding hydrogens is 226 g/mol. The Hall–Kier alpha value is -1.77. The summed E-state index contributed by atoms with van der Waals surface area (Å²) in [5, 5.41) is 2.93. The van der Waals surface area contributed by atoms with Crippen LogP contribution in [-0.4, -0.2) is 13.0 Å². The van der Waals surface area contributed by atoms with Gasteiger partial charge in [0.15, 0.2) is 0 Å². The van der Waals surface area contributed by atoms with Crippen LogP contribution in [0.3, 0.4) is 0 Å². The van der Waals surface area contributed by atoms with Gasteiger partial charge >= 0.3 is 0 Å². The zero-order chi connectivity index (χ0) is 13.7. The molecule has 0 fully saturated rings. The molecule has 0 heterocycles. The Morgan fingerprint density at radius 2 is 2.06 bits per heavy atom. The fourth-order valence-corrected chi connectivity index (χ4v) is 1.79. The van der Waals surface area contributed by atoms with Crippen molar-refractivity contribution in [3.05, 3.63) is 41.0 Å². The standard InChI is InChI=1S/C15H21NO2/c1-10(2)8-15(17)16-12(4)13-9-11(3)6-7-14(13)18-5/h6-9,12H,1-5H3,(H,16,17)/t12-/m1/s1. The third-order valence-electron chi connectivity index (χ3n) is 2.63. The Morgan fingerprint density at radius 3 is 2.61 bits per heavy atom. The summed E-state index contributed by atoms with van der Waals surface area (Å²) in [5.41, 5.74) is 3.12. The van der Waals surface area contributed by atoms with Crippen molar-refractivity contribution >= 4 is 5.91 Å². The van der Waals surface area contributed by atoms with Gasteiger partial charge in [0.1, 0.15) is 5.75 Å². The second-order valence-electron chi connectivity index (χ2n) is 4.70. The van der Waals surface area contributed by atoms with Gasteiger partial charge in [-0.3, -0.25) is 4.79 Å². The van der Waals surface area contributed by atoms with E-state index in [0.29, 0.717) is 0 Å². The summed E-state index contributed by atoms with van der Waals surface area (Å²) in [6, 6.07) is 5.87. The Bertz CT molecular complexity index is 460. The molecule has 1 aromatic carbocycles. The highest BCUT2D eigenvalue weighted by Gasteiger charge is 2.13. The van der Waals surface area contributed by atoms with Crippen molar-refractivity contribution in [3.63, 3.8) is 0 Å². The van der Waals surface area contributed by atoms with Crippen molar-refractivity contribution in [1.29, 1.82) is 0 Å². The van der Waals surface area contributed by atoms with Crippen LogP contribution in [0.4, 0.5) is 0 Å². The highest BCUT2D eigenvalue weighted by Crippen LogP contribution is 2.25. The second kappa shape index (κ2) is 6.24. The number of hydrogen-bond donors (Lipinski definition) is 1. The van der Waals surface area contributed by atoms with Crippen LogP contribution in [0.1, 0.15) is 37.9 Å². The number of benzene rings is 1. The molecule has 0 unspecified atom stereocenters. The summed E-state index contributed by atoms with van der Waals surface area (Å²) in [5.74, 6) is 0.719. The van der Waals surface area contributed by atoms with Gasteiger partial charge in [0.05, 0.1) is 13.2 Å². The van der Waals surface area contributed by atoms with E-state index in [1.165, 1.54) is 0 Å². The average molecular weight is 247 g/mol. The number of amides is 1. The fourth-order valence-electron chi connectivity index (χ4n) is 1.79. The summed E-state index contributed by atoms with van der Waals surface area (Å²) < 4.78 is 5.32. The Morgan fingerprint density at radius 1 is 1.39 bits per heavy atom. The van der Waals surface area contributed by atoms with Crippen molar-refractivity contribution < 1.29 is 9.53 Å². The van der Waals surface area contributed by atoms with Crippen molar-refractivity contribution in [3.8, 4) is 5.75 Å². The predicted molar refractivity (Wildman–Crippen MR) is 73.7 cm³/mol. The molecule has 3 heteroatoms. The van der Waals surface area contributed by atoms with Gasteiger partial charge in [0, 0.05) is 11.6 Å². The van der Waals surface area contributed by atoms with Crippen LogP contribution in [0.25, 0.3) is 0 Å². The molecule has 0 bridgehead atoms. The number of carbonyl (C=O) groups is 1. The molecule has 1 aromatic rings. The smallest absolute Gasteiger partial charge is 0.244 e. The lowest BCUT2D eigenvalue weighted by Gasteiger charge is -2.17. The topological polar surface area (TPSA) is 38.3 Å². The van der Waals surface area contributed by atoms with E-state index in [1.54, 1.807) is 13.2 Å². The zero-order valence-electron chi connectivity index (χ0n) is 11.7. The molecule has 0 aliphatic rings. The van der Waals surface area contributed by atoms with Crippen molar-refractivity contribution in [1.82, 2.24) is 5.32 Å².